The minimum Gasteiger partial charge on any atom is -0.497 e. The predicted octanol–water partition coefficient (Wildman–Crippen LogP) is 3.81. The molecule has 3 aromatic rings. The van der Waals surface area contributed by atoms with E-state index in [1.54, 1.807) is 31.4 Å². The first-order chi connectivity index (χ1) is 15.3. The van der Waals surface area contributed by atoms with Gasteiger partial charge < -0.3 is 15.0 Å². The fraction of sp³-hybridized carbons (Fsp3) is 0.273. The van der Waals surface area contributed by atoms with Crippen LogP contribution in [0.4, 0.5) is 17.5 Å². The van der Waals surface area contributed by atoms with Crippen molar-refractivity contribution in [2.75, 3.05) is 43.5 Å². The summed E-state index contributed by atoms with van der Waals surface area (Å²) >= 11 is 3.43. The van der Waals surface area contributed by atoms with Gasteiger partial charge in [-0.1, -0.05) is 15.9 Å². The Hall–Kier alpha value is -2.69. The number of aromatic nitrogens is 2. The number of halogens is 1. The van der Waals surface area contributed by atoms with Gasteiger partial charge in [0.1, 0.15) is 11.6 Å². The average Bonchev–Trinajstić information content (AvgIpc) is 2.80. The number of nitrogens with zero attached hydrogens (tertiary/aromatic N) is 4. The van der Waals surface area contributed by atoms with Crippen molar-refractivity contribution >= 4 is 43.4 Å². The smallest absolute Gasteiger partial charge is 0.243 e. The van der Waals surface area contributed by atoms with Crippen LogP contribution in [-0.2, 0) is 10.0 Å². The van der Waals surface area contributed by atoms with Crippen LogP contribution >= 0.6 is 15.9 Å². The van der Waals surface area contributed by atoms with Crippen LogP contribution in [-0.4, -0.2) is 56.0 Å². The van der Waals surface area contributed by atoms with Crippen LogP contribution in [0.1, 0.15) is 5.69 Å². The van der Waals surface area contributed by atoms with E-state index in [-0.39, 0.29) is 4.90 Å². The van der Waals surface area contributed by atoms with E-state index in [1.807, 2.05) is 42.2 Å². The van der Waals surface area contributed by atoms with Crippen molar-refractivity contribution in [2.24, 2.45) is 0 Å². The van der Waals surface area contributed by atoms with E-state index in [0.29, 0.717) is 43.7 Å². The van der Waals surface area contributed by atoms with Gasteiger partial charge in [-0.2, -0.15) is 9.29 Å². The molecule has 8 nitrogen and oxygen atoms in total. The van der Waals surface area contributed by atoms with Crippen LogP contribution in [0.5, 0.6) is 5.75 Å². The number of sulfonamides is 1. The standard InChI is InChI=1S/C22H24BrN5O3S/c1-16-15-21(25-18-5-3-17(23)4-6-18)26-22(24-16)27-11-13-28(14-12-27)32(29,30)20-9-7-19(31-2)8-10-20/h3-10,15H,11-14H2,1-2H3,(H,24,25,26). The molecular formula is C22H24BrN5O3S. The molecule has 1 aliphatic heterocycles. The van der Waals surface area contributed by atoms with Crippen LogP contribution in [0.15, 0.2) is 64.0 Å². The Morgan fingerprint density at radius 2 is 1.62 bits per heavy atom. The maximum atomic E-state index is 13.0. The Morgan fingerprint density at radius 3 is 2.25 bits per heavy atom. The van der Waals surface area contributed by atoms with E-state index in [1.165, 1.54) is 4.31 Å². The van der Waals surface area contributed by atoms with Gasteiger partial charge in [-0.3, -0.25) is 0 Å². The summed E-state index contributed by atoms with van der Waals surface area (Å²) in [6.45, 7) is 3.66. The van der Waals surface area contributed by atoms with Crippen molar-refractivity contribution < 1.29 is 13.2 Å². The number of benzene rings is 2. The lowest BCUT2D eigenvalue weighted by molar-refractivity contribution is 0.382. The largest absolute Gasteiger partial charge is 0.497 e. The Morgan fingerprint density at radius 1 is 0.969 bits per heavy atom. The molecule has 0 aliphatic carbocycles. The van der Waals surface area contributed by atoms with Crippen molar-refractivity contribution in [3.8, 4) is 5.75 Å². The molecule has 32 heavy (non-hydrogen) atoms. The SMILES string of the molecule is COc1ccc(S(=O)(=O)N2CCN(c3nc(C)cc(Nc4ccc(Br)cc4)n3)CC2)cc1. The third-order valence-corrected chi connectivity index (χ3v) is 7.62. The summed E-state index contributed by atoms with van der Waals surface area (Å²) in [5.41, 5.74) is 1.76. The molecule has 0 bridgehead atoms. The van der Waals surface area contributed by atoms with Crippen molar-refractivity contribution in [1.82, 2.24) is 14.3 Å². The lowest BCUT2D eigenvalue weighted by Crippen LogP contribution is -2.49. The number of aryl methyl sites for hydroxylation is 1. The van der Waals surface area contributed by atoms with Gasteiger partial charge in [0.05, 0.1) is 12.0 Å². The van der Waals surface area contributed by atoms with Gasteiger partial charge >= 0.3 is 0 Å². The quantitative estimate of drug-likeness (QED) is 0.531. The molecule has 1 aromatic heterocycles. The Balaban J connectivity index is 1.45. The molecule has 2 aromatic carbocycles. The predicted molar refractivity (Wildman–Crippen MR) is 128 cm³/mol. The Labute approximate surface area is 196 Å². The Kier molecular flexibility index (Phi) is 6.63. The minimum atomic E-state index is -3.56. The lowest BCUT2D eigenvalue weighted by Gasteiger charge is -2.34. The van der Waals surface area contributed by atoms with Gasteiger partial charge in [-0.25, -0.2) is 13.4 Å². The van der Waals surface area contributed by atoms with Crippen LogP contribution in [0.2, 0.25) is 0 Å². The number of ether oxygens (including phenoxy) is 1. The highest BCUT2D eigenvalue weighted by molar-refractivity contribution is 9.10. The second kappa shape index (κ2) is 9.43. The number of anilines is 3. The van der Waals surface area contributed by atoms with Crippen molar-refractivity contribution in [1.29, 1.82) is 0 Å². The first-order valence-corrected chi connectivity index (χ1v) is 12.4. The van der Waals surface area contributed by atoms with Gasteiger partial charge in [-0.15, -0.1) is 0 Å². The maximum absolute atomic E-state index is 13.0. The number of methoxy groups -OCH3 is 1. The molecule has 168 valence electrons. The minimum absolute atomic E-state index is 0.263. The topological polar surface area (TPSA) is 87.7 Å². The monoisotopic (exact) mass is 517 g/mol. The van der Waals surface area contributed by atoms with Crippen molar-refractivity contribution in [3.63, 3.8) is 0 Å². The first-order valence-electron chi connectivity index (χ1n) is 10.1. The number of hydrogen-bond acceptors (Lipinski definition) is 7. The Bertz CT molecular complexity index is 1180. The van der Waals surface area contributed by atoms with Gasteiger partial charge in [0.25, 0.3) is 0 Å². The molecule has 0 atom stereocenters. The summed E-state index contributed by atoms with van der Waals surface area (Å²) in [6.07, 6.45) is 0. The fourth-order valence-electron chi connectivity index (χ4n) is 3.46. The zero-order valence-corrected chi connectivity index (χ0v) is 20.2. The van der Waals surface area contributed by atoms with Crippen molar-refractivity contribution in [2.45, 2.75) is 11.8 Å². The summed E-state index contributed by atoms with van der Waals surface area (Å²) in [4.78, 5) is 11.5. The molecule has 1 aliphatic rings. The summed E-state index contributed by atoms with van der Waals surface area (Å²) < 4.78 is 33.6. The highest BCUT2D eigenvalue weighted by Crippen LogP contribution is 2.24. The molecule has 0 radical (unpaired) electrons. The van der Waals surface area contributed by atoms with E-state index >= 15 is 0 Å². The zero-order valence-electron chi connectivity index (χ0n) is 17.8. The maximum Gasteiger partial charge on any atom is 0.243 e. The van der Waals surface area contributed by atoms with E-state index < -0.39 is 10.0 Å². The second-order valence-corrected chi connectivity index (χ2v) is 10.2. The molecular weight excluding hydrogens is 494 g/mol. The summed E-state index contributed by atoms with van der Waals surface area (Å²) in [7, 11) is -2.01. The molecule has 1 saturated heterocycles. The van der Waals surface area contributed by atoms with Crippen LogP contribution in [0.3, 0.4) is 0 Å². The fourth-order valence-corrected chi connectivity index (χ4v) is 5.15. The van der Waals surface area contributed by atoms with E-state index in [4.69, 9.17) is 4.74 Å². The molecule has 0 amide bonds. The van der Waals surface area contributed by atoms with E-state index in [0.717, 1.165) is 15.9 Å². The summed E-state index contributed by atoms with van der Waals surface area (Å²) in [6, 6.07) is 16.2. The number of piperazine rings is 1. The zero-order chi connectivity index (χ0) is 22.7. The number of rotatable bonds is 6. The van der Waals surface area contributed by atoms with E-state index in [2.05, 4.69) is 31.2 Å². The molecule has 1 N–H and O–H groups in total. The molecule has 0 spiro atoms. The molecule has 0 unspecified atom stereocenters. The molecule has 0 saturated carbocycles. The summed E-state index contributed by atoms with van der Waals surface area (Å²) in [5.74, 6) is 1.91. The highest BCUT2D eigenvalue weighted by Gasteiger charge is 2.29. The molecule has 1 fully saturated rings. The first kappa shape index (κ1) is 22.5. The van der Waals surface area contributed by atoms with Gasteiger partial charge in [0.15, 0.2) is 0 Å². The van der Waals surface area contributed by atoms with Crippen LogP contribution < -0.4 is 15.0 Å². The van der Waals surface area contributed by atoms with Crippen molar-refractivity contribution in [3.05, 3.63) is 64.8 Å². The summed E-state index contributed by atoms with van der Waals surface area (Å²) in [5, 5.41) is 3.30. The molecule has 2 heterocycles. The normalized spacial score (nSPS) is 14.9. The third-order valence-electron chi connectivity index (χ3n) is 5.18. The number of nitrogens with one attached hydrogen (secondary N) is 1. The number of hydrogen-bond donors (Lipinski definition) is 1. The third kappa shape index (κ3) is 5.03. The molecule has 4 rings (SSSR count). The van der Waals surface area contributed by atoms with Crippen LogP contribution in [0, 0.1) is 6.92 Å². The second-order valence-electron chi connectivity index (χ2n) is 7.39. The van der Waals surface area contributed by atoms with Gasteiger partial charge in [0.2, 0.25) is 16.0 Å². The van der Waals surface area contributed by atoms with Crippen LogP contribution in [0.25, 0.3) is 0 Å². The highest BCUT2D eigenvalue weighted by atomic mass is 79.9. The molecule has 10 heteroatoms. The lowest BCUT2D eigenvalue weighted by atomic mass is 10.3. The van der Waals surface area contributed by atoms with Gasteiger partial charge in [0, 0.05) is 48.1 Å². The van der Waals surface area contributed by atoms with E-state index in [9.17, 15) is 8.42 Å². The average molecular weight is 518 g/mol. The van der Waals surface area contributed by atoms with Gasteiger partial charge in [-0.05, 0) is 55.5 Å².